The largest absolute Gasteiger partial charge is 0.483 e. The molecule has 0 saturated heterocycles. The van der Waals surface area contributed by atoms with Gasteiger partial charge in [-0.3, -0.25) is 4.79 Å². The van der Waals surface area contributed by atoms with Crippen LogP contribution in [0.5, 0.6) is 11.5 Å². The first-order valence-electron chi connectivity index (χ1n) is 9.83. The van der Waals surface area contributed by atoms with Gasteiger partial charge in [0.1, 0.15) is 11.5 Å². The number of para-hydroxylation sites is 1. The average molecular weight is 412 g/mol. The van der Waals surface area contributed by atoms with Crippen molar-refractivity contribution >= 4 is 18.1 Å². The predicted molar refractivity (Wildman–Crippen MR) is 115 cm³/mol. The Morgan fingerprint density at radius 3 is 2.53 bits per heavy atom. The van der Waals surface area contributed by atoms with E-state index in [1.54, 1.807) is 31.2 Å². The molecule has 0 aromatic heterocycles. The molecule has 2 rings (SSSR count). The van der Waals surface area contributed by atoms with E-state index in [1.807, 2.05) is 25.1 Å². The number of hydrazone groups is 1. The van der Waals surface area contributed by atoms with Gasteiger partial charge in [0, 0.05) is 5.56 Å². The number of hydrogen-bond donors (Lipinski definition) is 1. The first-order valence-corrected chi connectivity index (χ1v) is 9.83. The number of nitrogens with zero attached hydrogens (tertiary/aromatic N) is 1. The second kappa shape index (κ2) is 11.6. The minimum Gasteiger partial charge on any atom is -0.483 e. The highest BCUT2D eigenvalue weighted by atomic mass is 16.6. The van der Waals surface area contributed by atoms with Gasteiger partial charge >= 0.3 is 5.97 Å². The number of carbonyl (C=O) groups excluding carboxylic acids is 2. The monoisotopic (exact) mass is 412 g/mol. The van der Waals surface area contributed by atoms with Crippen molar-refractivity contribution in [3.63, 3.8) is 0 Å². The maximum absolute atomic E-state index is 12.1. The van der Waals surface area contributed by atoms with Crippen LogP contribution in [0.25, 0.3) is 0 Å². The second-order valence-corrected chi connectivity index (χ2v) is 6.91. The molecule has 1 N–H and O–H groups in total. The lowest BCUT2D eigenvalue weighted by atomic mass is 10.0. The number of hydrogen-bond acceptors (Lipinski definition) is 6. The van der Waals surface area contributed by atoms with Crippen molar-refractivity contribution in [2.24, 2.45) is 5.10 Å². The third kappa shape index (κ3) is 7.24. The second-order valence-electron chi connectivity index (χ2n) is 6.91. The zero-order valence-corrected chi connectivity index (χ0v) is 17.8. The summed E-state index contributed by atoms with van der Waals surface area (Å²) in [6.07, 6.45) is 1.45. The Morgan fingerprint density at radius 2 is 1.80 bits per heavy atom. The third-order valence-electron chi connectivity index (χ3n) is 4.11. The first kappa shape index (κ1) is 22.9. The van der Waals surface area contributed by atoms with Crippen LogP contribution in [0.3, 0.4) is 0 Å². The van der Waals surface area contributed by atoms with E-state index in [9.17, 15) is 9.59 Å². The van der Waals surface area contributed by atoms with E-state index in [2.05, 4.69) is 24.4 Å². The summed E-state index contributed by atoms with van der Waals surface area (Å²) in [7, 11) is 0. The number of aryl methyl sites for hydroxylation is 1. The highest BCUT2D eigenvalue weighted by Gasteiger charge is 2.10. The normalized spacial score (nSPS) is 10.8. The number of ether oxygens (including phenoxy) is 3. The van der Waals surface area contributed by atoms with Crippen molar-refractivity contribution in [2.45, 2.75) is 33.6 Å². The van der Waals surface area contributed by atoms with Gasteiger partial charge in [-0.2, -0.15) is 5.10 Å². The van der Waals surface area contributed by atoms with E-state index in [4.69, 9.17) is 14.2 Å². The quantitative estimate of drug-likeness (QED) is 0.366. The summed E-state index contributed by atoms with van der Waals surface area (Å²) in [6, 6.07) is 13.0. The Balaban J connectivity index is 1.91. The topological polar surface area (TPSA) is 86.2 Å². The van der Waals surface area contributed by atoms with Gasteiger partial charge in [0.25, 0.3) is 5.91 Å². The molecule has 0 aliphatic carbocycles. The van der Waals surface area contributed by atoms with Crippen molar-refractivity contribution in [1.82, 2.24) is 5.43 Å². The molecule has 0 aliphatic rings. The Kier molecular flexibility index (Phi) is 8.87. The molecule has 0 heterocycles. The minimum absolute atomic E-state index is 0.151. The van der Waals surface area contributed by atoms with Gasteiger partial charge in [0.05, 0.1) is 12.8 Å². The molecule has 7 heteroatoms. The molecule has 0 spiro atoms. The lowest BCUT2D eigenvalue weighted by Gasteiger charge is -2.14. The summed E-state index contributed by atoms with van der Waals surface area (Å²) >= 11 is 0. The summed E-state index contributed by atoms with van der Waals surface area (Å²) in [5.41, 5.74) is 5.16. The van der Waals surface area contributed by atoms with Crippen LogP contribution in [0, 0.1) is 6.92 Å². The summed E-state index contributed by atoms with van der Waals surface area (Å²) < 4.78 is 16.0. The van der Waals surface area contributed by atoms with Gasteiger partial charge in [-0.1, -0.05) is 38.1 Å². The van der Waals surface area contributed by atoms with Crippen LogP contribution in [0.4, 0.5) is 0 Å². The molecule has 0 atom stereocenters. The van der Waals surface area contributed by atoms with Gasteiger partial charge in [-0.05, 0) is 49.1 Å². The predicted octanol–water partition coefficient (Wildman–Crippen LogP) is 3.59. The van der Waals surface area contributed by atoms with Gasteiger partial charge in [0.15, 0.2) is 13.2 Å². The van der Waals surface area contributed by atoms with Gasteiger partial charge in [-0.15, -0.1) is 0 Å². The molecule has 7 nitrogen and oxygen atoms in total. The van der Waals surface area contributed by atoms with Crippen molar-refractivity contribution < 1.29 is 23.8 Å². The maximum Gasteiger partial charge on any atom is 0.344 e. The molecule has 0 bridgehead atoms. The fourth-order valence-corrected chi connectivity index (χ4v) is 2.65. The molecular formula is C23H28N2O5. The van der Waals surface area contributed by atoms with E-state index >= 15 is 0 Å². The SMILES string of the molecule is CCOC(=O)COc1ccccc1/C=N/NC(=O)COc1cc(C)ccc1C(C)C. The van der Waals surface area contributed by atoms with E-state index in [-0.39, 0.29) is 25.0 Å². The maximum atomic E-state index is 12.1. The van der Waals surface area contributed by atoms with Crippen LogP contribution >= 0.6 is 0 Å². The summed E-state index contributed by atoms with van der Waals surface area (Å²) in [5.74, 6) is 0.606. The van der Waals surface area contributed by atoms with Gasteiger partial charge in [-0.25, -0.2) is 10.2 Å². The number of carbonyl (C=O) groups is 2. The fourth-order valence-electron chi connectivity index (χ4n) is 2.65. The number of esters is 1. The van der Waals surface area contributed by atoms with E-state index in [0.717, 1.165) is 11.1 Å². The lowest BCUT2D eigenvalue weighted by molar-refractivity contribution is -0.145. The zero-order valence-electron chi connectivity index (χ0n) is 17.8. The Bertz CT molecular complexity index is 893. The lowest BCUT2D eigenvalue weighted by Crippen LogP contribution is -2.25. The number of amides is 1. The molecule has 0 aliphatic heterocycles. The molecule has 0 saturated carbocycles. The molecule has 0 fully saturated rings. The van der Waals surface area contributed by atoms with Crippen molar-refractivity contribution in [3.05, 3.63) is 59.2 Å². The summed E-state index contributed by atoms with van der Waals surface area (Å²) in [6.45, 7) is 7.79. The van der Waals surface area contributed by atoms with Crippen molar-refractivity contribution in [2.75, 3.05) is 19.8 Å². The van der Waals surface area contributed by atoms with E-state index in [1.165, 1.54) is 6.21 Å². The van der Waals surface area contributed by atoms with Gasteiger partial charge in [0.2, 0.25) is 0 Å². The van der Waals surface area contributed by atoms with Crippen LogP contribution in [0.1, 0.15) is 43.4 Å². The standard InChI is InChI=1S/C23H28N2O5/c1-5-28-23(27)15-30-20-9-7-6-8-18(20)13-24-25-22(26)14-29-21-12-17(4)10-11-19(21)16(2)3/h6-13,16H,5,14-15H2,1-4H3,(H,25,26)/b24-13+. The summed E-state index contributed by atoms with van der Waals surface area (Å²) in [5, 5.41) is 3.95. The Morgan fingerprint density at radius 1 is 1.07 bits per heavy atom. The molecule has 0 radical (unpaired) electrons. The number of rotatable bonds is 10. The average Bonchev–Trinajstić information content (AvgIpc) is 2.71. The van der Waals surface area contributed by atoms with Crippen LogP contribution in [-0.4, -0.2) is 37.9 Å². The zero-order chi connectivity index (χ0) is 21.9. The van der Waals surface area contributed by atoms with Crippen LogP contribution in [0.2, 0.25) is 0 Å². The smallest absolute Gasteiger partial charge is 0.344 e. The van der Waals surface area contributed by atoms with Gasteiger partial charge < -0.3 is 14.2 Å². The molecule has 1 amide bonds. The molecule has 30 heavy (non-hydrogen) atoms. The molecular weight excluding hydrogens is 384 g/mol. The number of benzene rings is 2. The fraction of sp³-hybridized carbons (Fsp3) is 0.348. The van der Waals surface area contributed by atoms with Crippen LogP contribution in [0.15, 0.2) is 47.6 Å². The highest BCUT2D eigenvalue weighted by Crippen LogP contribution is 2.27. The third-order valence-corrected chi connectivity index (χ3v) is 4.11. The Labute approximate surface area is 177 Å². The minimum atomic E-state index is -0.452. The van der Waals surface area contributed by atoms with Crippen molar-refractivity contribution in [3.8, 4) is 11.5 Å². The van der Waals surface area contributed by atoms with Crippen LogP contribution in [-0.2, 0) is 14.3 Å². The first-order chi connectivity index (χ1) is 14.4. The molecule has 2 aromatic carbocycles. The van der Waals surface area contributed by atoms with Crippen LogP contribution < -0.4 is 14.9 Å². The van der Waals surface area contributed by atoms with E-state index < -0.39 is 5.97 Å². The number of nitrogens with one attached hydrogen (secondary N) is 1. The molecule has 160 valence electrons. The molecule has 2 aromatic rings. The molecule has 0 unspecified atom stereocenters. The highest BCUT2D eigenvalue weighted by molar-refractivity contribution is 5.85. The van der Waals surface area contributed by atoms with Crippen molar-refractivity contribution in [1.29, 1.82) is 0 Å². The Hall–Kier alpha value is -3.35. The van der Waals surface area contributed by atoms with E-state index in [0.29, 0.717) is 23.7 Å². The summed E-state index contributed by atoms with van der Waals surface area (Å²) in [4.78, 5) is 23.6.